The largest absolute Gasteiger partial charge is 0.363 e. The van der Waals surface area contributed by atoms with Crippen LogP contribution in [0.25, 0.3) is 0 Å². The summed E-state index contributed by atoms with van der Waals surface area (Å²) in [4.78, 5) is 2.18. The van der Waals surface area contributed by atoms with Crippen LogP contribution >= 0.6 is 0 Å². The van der Waals surface area contributed by atoms with E-state index >= 15 is 0 Å². The van der Waals surface area contributed by atoms with Crippen molar-refractivity contribution in [1.82, 2.24) is 4.90 Å². The van der Waals surface area contributed by atoms with Gasteiger partial charge in [-0.2, -0.15) is 0 Å². The molecule has 8 heavy (non-hydrogen) atoms. The predicted octanol–water partition coefficient (Wildman–Crippen LogP) is 0.684. The van der Waals surface area contributed by atoms with Crippen LogP contribution in [0.4, 0.5) is 0 Å². The van der Waals surface area contributed by atoms with Crippen LogP contribution in [0, 0.1) is 0 Å². The van der Waals surface area contributed by atoms with Gasteiger partial charge in [0, 0.05) is 6.54 Å². The number of hydrogen-bond donors (Lipinski definition) is 0. The van der Waals surface area contributed by atoms with Crippen molar-refractivity contribution in [2.24, 2.45) is 0 Å². The van der Waals surface area contributed by atoms with E-state index in [1.807, 2.05) is 0 Å². The minimum atomic E-state index is 0.478. The minimum Gasteiger partial charge on any atom is -0.363 e. The van der Waals surface area contributed by atoms with Gasteiger partial charge in [-0.05, 0) is 20.4 Å². The quantitative estimate of drug-likeness (QED) is 0.460. The normalized spacial score (nSPS) is 33.0. The zero-order valence-corrected chi connectivity index (χ0v) is 5.55. The van der Waals surface area contributed by atoms with Crippen LogP contribution in [0.2, 0.25) is 0 Å². The third-order valence-corrected chi connectivity index (χ3v) is 1.50. The van der Waals surface area contributed by atoms with Crippen molar-refractivity contribution < 1.29 is 4.74 Å². The molecule has 0 saturated carbocycles. The van der Waals surface area contributed by atoms with E-state index in [1.54, 1.807) is 0 Å². The number of ether oxygens (including phenoxy) is 1. The minimum absolute atomic E-state index is 0.478. The molecule has 1 saturated heterocycles. The van der Waals surface area contributed by atoms with Gasteiger partial charge >= 0.3 is 0 Å². The number of rotatable bonds is 0. The highest BCUT2D eigenvalue weighted by Gasteiger charge is 2.10. The first-order valence-corrected chi connectivity index (χ1v) is 3.09. The van der Waals surface area contributed by atoms with Crippen molar-refractivity contribution in [2.45, 2.75) is 19.4 Å². The second kappa shape index (κ2) is 2.46. The fourth-order valence-corrected chi connectivity index (χ4v) is 0.805. The van der Waals surface area contributed by atoms with Crippen LogP contribution in [0.3, 0.4) is 0 Å². The zero-order chi connectivity index (χ0) is 5.98. The average molecular weight is 115 g/mol. The van der Waals surface area contributed by atoms with E-state index < -0.39 is 0 Å². The fourth-order valence-electron chi connectivity index (χ4n) is 0.805. The van der Waals surface area contributed by atoms with Crippen LogP contribution < -0.4 is 0 Å². The van der Waals surface area contributed by atoms with Crippen molar-refractivity contribution in [3.8, 4) is 0 Å². The lowest BCUT2D eigenvalue weighted by Gasteiger charge is -2.26. The molecule has 0 spiro atoms. The van der Waals surface area contributed by atoms with E-state index in [4.69, 9.17) is 4.74 Å². The SMILES string of the molecule is CC1CCN(C)CO1. The maximum absolute atomic E-state index is 5.32. The zero-order valence-electron chi connectivity index (χ0n) is 5.55. The maximum Gasteiger partial charge on any atom is 0.0991 e. The highest BCUT2D eigenvalue weighted by Crippen LogP contribution is 2.05. The lowest BCUT2D eigenvalue weighted by atomic mass is 10.2. The Morgan fingerprint density at radius 3 is 2.75 bits per heavy atom. The first-order chi connectivity index (χ1) is 3.79. The van der Waals surface area contributed by atoms with Crippen molar-refractivity contribution in [3.05, 3.63) is 0 Å². The Hall–Kier alpha value is -0.0800. The van der Waals surface area contributed by atoms with Gasteiger partial charge in [0.1, 0.15) is 0 Å². The Morgan fingerprint density at radius 1 is 1.62 bits per heavy atom. The van der Waals surface area contributed by atoms with Gasteiger partial charge in [-0.3, -0.25) is 4.90 Å². The Morgan fingerprint density at radius 2 is 2.38 bits per heavy atom. The summed E-state index contributed by atoms with van der Waals surface area (Å²) in [5, 5.41) is 0. The number of nitrogens with zero attached hydrogens (tertiary/aromatic N) is 1. The molecule has 1 rings (SSSR count). The van der Waals surface area contributed by atoms with Crippen LogP contribution in [0.5, 0.6) is 0 Å². The molecular weight excluding hydrogens is 102 g/mol. The van der Waals surface area contributed by atoms with Gasteiger partial charge in [0.25, 0.3) is 0 Å². The third-order valence-electron chi connectivity index (χ3n) is 1.50. The molecule has 0 radical (unpaired) electrons. The van der Waals surface area contributed by atoms with Crippen molar-refractivity contribution in [1.29, 1.82) is 0 Å². The summed E-state index contributed by atoms with van der Waals surface area (Å²) in [7, 11) is 2.08. The van der Waals surface area contributed by atoms with Crippen LogP contribution in [-0.4, -0.2) is 31.3 Å². The molecular formula is C6H13NO. The summed E-state index contributed by atoms with van der Waals surface area (Å²) in [5.74, 6) is 0. The van der Waals surface area contributed by atoms with Gasteiger partial charge in [0.15, 0.2) is 0 Å². The Balaban J connectivity index is 2.19. The topological polar surface area (TPSA) is 12.5 Å². The predicted molar refractivity (Wildman–Crippen MR) is 32.7 cm³/mol. The van der Waals surface area contributed by atoms with E-state index in [2.05, 4.69) is 18.9 Å². The molecule has 0 aromatic heterocycles. The molecule has 0 aliphatic carbocycles. The summed E-state index contributed by atoms with van der Waals surface area (Å²) in [6, 6.07) is 0. The van der Waals surface area contributed by atoms with Crippen LogP contribution in [0.15, 0.2) is 0 Å². The molecule has 0 amide bonds. The van der Waals surface area contributed by atoms with Crippen molar-refractivity contribution >= 4 is 0 Å². The Labute approximate surface area is 50.4 Å². The molecule has 0 N–H and O–H groups in total. The monoisotopic (exact) mass is 115 g/mol. The molecule has 1 aliphatic heterocycles. The molecule has 1 unspecified atom stereocenters. The van der Waals surface area contributed by atoms with Gasteiger partial charge in [-0.25, -0.2) is 0 Å². The van der Waals surface area contributed by atoms with E-state index in [0.717, 1.165) is 6.73 Å². The second-order valence-electron chi connectivity index (χ2n) is 2.47. The van der Waals surface area contributed by atoms with Gasteiger partial charge in [-0.15, -0.1) is 0 Å². The van der Waals surface area contributed by atoms with Crippen molar-refractivity contribution in [2.75, 3.05) is 20.3 Å². The standard InChI is InChI=1S/C6H13NO/c1-6-3-4-7(2)5-8-6/h6H,3-5H2,1-2H3. The van der Waals surface area contributed by atoms with Gasteiger partial charge in [0.2, 0.25) is 0 Å². The highest BCUT2D eigenvalue weighted by atomic mass is 16.5. The van der Waals surface area contributed by atoms with E-state index in [-0.39, 0.29) is 0 Å². The van der Waals surface area contributed by atoms with Crippen LogP contribution in [-0.2, 0) is 4.74 Å². The summed E-state index contributed by atoms with van der Waals surface area (Å²) in [6.45, 7) is 4.11. The number of hydrogen-bond acceptors (Lipinski definition) is 2. The highest BCUT2D eigenvalue weighted by molar-refractivity contribution is 4.58. The first kappa shape index (κ1) is 6.05. The molecule has 2 heteroatoms. The second-order valence-corrected chi connectivity index (χ2v) is 2.47. The van der Waals surface area contributed by atoms with E-state index in [1.165, 1.54) is 13.0 Å². The Kier molecular flexibility index (Phi) is 1.86. The smallest absolute Gasteiger partial charge is 0.0991 e. The average Bonchev–Trinajstić information content (AvgIpc) is 1.77. The summed E-state index contributed by atoms with van der Waals surface area (Å²) < 4.78 is 5.32. The molecule has 0 aromatic rings. The lowest BCUT2D eigenvalue weighted by Crippen LogP contribution is -2.33. The van der Waals surface area contributed by atoms with E-state index in [0.29, 0.717) is 6.10 Å². The summed E-state index contributed by atoms with van der Waals surface area (Å²) in [5.41, 5.74) is 0. The van der Waals surface area contributed by atoms with Gasteiger partial charge in [-0.1, -0.05) is 0 Å². The van der Waals surface area contributed by atoms with Crippen LogP contribution in [0.1, 0.15) is 13.3 Å². The van der Waals surface area contributed by atoms with Crippen molar-refractivity contribution in [3.63, 3.8) is 0 Å². The molecule has 1 aliphatic rings. The molecule has 2 nitrogen and oxygen atoms in total. The third kappa shape index (κ3) is 1.46. The lowest BCUT2D eigenvalue weighted by molar-refractivity contribution is -0.0485. The van der Waals surface area contributed by atoms with Gasteiger partial charge in [0.05, 0.1) is 12.8 Å². The molecule has 1 fully saturated rings. The summed E-state index contributed by atoms with van der Waals surface area (Å²) >= 11 is 0. The molecule has 0 bridgehead atoms. The fraction of sp³-hybridized carbons (Fsp3) is 1.00. The first-order valence-electron chi connectivity index (χ1n) is 3.09. The molecule has 0 aromatic carbocycles. The Bertz CT molecular complexity index is 56.9. The maximum atomic E-state index is 5.32. The molecule has 48 valence electrons. The van der Waals surface area contributed by atoms with Gasteiger partial charge < -0.3 is 4.74 Å². The van der Waals surface area contributed by atoms with E-state index in [9.17, 15) is 0 Å². The summed E-state index contributed by atoms with van der Waals surface area (Å²) in [6.07, 6.45) is 1.66. The molecule has 1 atom stereocenters. The molecule has 1 heterocycles.